The van der Waals surface area contributed by atoms with Gasteiger partial charge in [-0.3, -0.25) is 4.79 Å². The molecule has 2 aliphatic rings. The molecule has 2 aromatic carbocycles. The van der Waals surface area contributed by atoms with Crippen LogP contribution in [0.4, 0.5) is 17.6 Å². The van der Waals surface area contributed by atoms with Gasteiger partial charge in [0.25, 0.3) is 0 Å². The van der Waals surface area contributed by atoms with Crippen LogP contribution in [0.1, 0.15) is 40.2 Å². The first kappa shape index (κ1) is 17.5. The topological polar surface area (TPSA) is 43.1 Å². The number of carbonyl (C=O) groups excluding carboxylic acids is 1. The molecule has 2 nitrogen and oxygen atoms in total. The summed E-state index contributed by atoms with van der Waals surface area (Å²) in [6.07, 6.45) is -0.112. The molecule has 0 bridgehead atoms. The van der Waals surface area contributed by atoms with E-state index in [1.807, 2.05) is 6.08 Å². The summed E-state index contributed by atoms with van der Waals surface area (Å²) >= 11 is 0. The average molecular weight is 373 g/mol. The standard InChI is InChI=1S/C21H15F4NO/c22-16-8-7-11-3-2-6-14(11)19(16)15-10-17(26)18(20(15)27)12-4-1-5-13(9-12)21(23,24)25/h1-2,4-9,15H,3,10,26H2. The highest BCUT2D eigenvalue weighted by Gasteiger charge is 2.38. The van der Waals surface area contributed by atoms with Crippen LogP contribution in [0.5, 0.6) is 0 Å². The quantitative estimate of drug-likeness (QED) is 0.766. The van der Waals surface area contributed by atoms with Gasteiger partial charge in [-0.15, -0.1) is 0 Å². The summed E-state index contributed by atoms with van der Waals surface area (Å²) in [5.74, 6) is -1.77. The number of nitrogens with two attached hydrogens (primary N) is 1. The molecule has 0 saturated carbocycles. The molecular formula is C21H15F4NO. The Morgan fingerprint density at radius 1 is 1.11 bits per heavy atom. The van der Waals surface area contributed by atoms with Gasteiger partial charge in [0.1, 0.15) is 5.82 Å². The molecule has 2 N–H and O–H groups in total. The Morgan fingerprint density at radius 3 is 2.63 bits per heavy atom. The van der Waals surface area contributed by atoms with Crippen LogP contribution < -0.4 is 5.73 Å². The van der Waals surface area contributed by atoms with Gasteiger partial charge < -0.3 is 5.73 Å². The van der Waals surface area contributed by atoms with Gasteiger partial charge in [0.05, 0.1) is 11.5 Å². The van der Waals surface area contributed by atoms with Crippen molar-refractivity contribution in [3.8, 4) is 0 Å². The number of carbonyl (C=O) groups is 1. The van der Waals surface area contributed by atoms with Crippen molar-refractivity contribution in [2.24, 2.45) is 5.73 Å². The molecule has 27 heavy (non-hydrogen) atoms. The third kappa shape index (κ3) is 2.85. The summed E-state index contributed by atoms with van der Waals surface area (Å²) in [6, 6.07) is 7.51. The highest BCUT2D eigenvalue weighted by molar-refractivity contribution is 6.26. The molecule has 0 fully saturated rings. The Labute approximate surface area is 153 Å². The fraction of sp³-hybridized carbons (Fsp3) is 0.190. The van der Waals surface area contributed by atoms with Gasteiger partial charge in [0.2, 0.25) is 0 Å². The molecule has 0 spiro atoms. The lowest BCUT2D eigenvalue weighted by molar-refractivity contribution is -0.137. The predicted molar refractivity (Wildman–Crippen MR) is 94.1 cm³/mol. The van der Waals surface area contributed by atoms with Crippen molar-refractivity contribution in [2.75, 3.05) is 0 Å². The SMILES string of the molecule is NC1=C(c2cccc(C(F)(F)F)c2)C(=O)C(c2c(F)ccc3c2C=CC3)C1. The van der Waals surface area contributed by atoms with Crippen LogP contribution in [-0.2, 0) is 17.4 Å². The minimum Gasteiger partial charge on any atom is -0.401 e. The molecule has 1 atom stereocenters. The molecule has 0 amide bonds. The summed E-state index contributed by atoms with van der Waals surface area (Å²) in [6.45, 7) is 0. The fourth-order valence-electron chi connectivity index (χ4n) is 3.85. The number of rotatable bonds is 2. The number of benzene rings is 2. The molecule has 1 unspecified atom stereocenters. The van der Waals surface area contributed by atoms with Crippen molar-refractivity contribution < 1.29 is 22.4 Å². The molecule has 4 rings (SSSR count). The van der Waals surface area contributed by atoms with Crippen LogP contribution in [0.3, 0.4) is 0 Å². The second-order valence-electron chi connectivity index (χ2n) is 6.74. The molecule has 0 aliphatic heterocycles. The highest BCUT2D eigenvalue weighted by Crippen LogP contribution is 2.43. The summed E-state index contributed by atoms with van der Waals surface area (Å²) in [4.78, 5) is 13.0. The third-order valence-corrected chi connectivity index (χ3v) is 5.08. The lowest BCUT2D eigenvalue weighted by Crippen LogP contribution is -2.13. The van der Waals surface area contributed by atoms with Crippen molar-refractivity contribution in [3.63, 3.8) is 0 Å². The van der Waals surface area contributed by atoms with Crippen molar-refractivity contribution in [1.82, 2.24) is 0 Å². The molecule has 2 aliphatic carbocycles. The maximum Gasteiger partial charge on any atom is 0.416 e. The average Bonchev–Trinajstić information content (AvgIpc) is 3.19. The van der Waals surface area contributed by atoms with Crippen molar-refractivity contribution in [2.45, 2.75) is 24.9 Å². The van der Waals surface area contributed by atoms with E-state index in [9.17, 15) is 22.4 Å². The van der Waals surface area contributed by atoms with Crippen molar-refractivity contribution in [3.05, 3.63) is 81.8 Å². The minimum atomic E-state index is -4.52. The maximum absolute atomic E-state index is 14.6. The van der Waals surface area contributed by atoms with E-state index in [1.54, 1.807) is 12.1 Å². The summed E-state index contributed by atoms with van der Waals surface area (Å²) in [7, 11) is 0. The monoisotopic (exact) mass is 373 g/mol. The number of alkyl halides is 3. The largest absolute Gasteiger partial charge is 0.416 e. The van der Waals surface area contributed by atoms with E-state index in [2.05, 4.69) is 0 Å². The molecule has 0 aromatic heterocycles. The summed E-state index contributed by atoms with van der Waals surface area (Å²) < 4.78 is 53.6. The molecule has 0 radical (unpaired) electrons. The Kier molecular flexibility index (Phi) is 3.94. The first-order valence-corrected chi connectivity index (χ1v) is 8.45. The Balaban J connectivity index is 1.76. The molecular weight excluding hydrogens is 358 g/mol. The Hall–Kier alpha value is -2.89. The predicted octanol–water partition coefficient (Wildman–Crippen LogP) is 4.84. The third-order valence-electron chi connectivity index (χ3n) is 5.08. The van der Waals surface area contributed by atoms with Gasteiger partial charge in [-0.25, -0.2) is 4.39 Å². The lowest BCUT2D eigenvalue weighted by atomic mass is 9.87. The van der Waals surface area contributed by atoms with Crippen LogP contribution in [0.15, 0.2) is 48.2 Å². The van der Waals surface area contributed by atoms with Crippen molar-refractivity contribution in [1.29, 1.82) is 0 Å². The van der Waals surface area contributed by atoms with Crippen LogP contribution in [0.25, 0.3) is 11.6 Å². The second kappa shape index (κ2) is 6.08. The minimum absolute atomic E-state index is 0.0464. The van der Waals surface area contributed by atoms with Crippen molar-refractivity contribution >= 4 is 17.4 Å². The first-order valence-electron chi connectivity index (χ1n) is 8.45. The number of hydrogen-bond donors (Lipinski definition) is 1. The van der Waals surface area contributed by atoms with Gasteiger partial charge >= 0.3 is 6.18 Å². The number of allylic oxidation sites excluding steroid dienone is 3. The number of halogens is 4. The van der Waals surface area contributed by atoms with E-state index >= 15 is 0 Å². The zero-order valence-electron chi connectivity index (χ0n) is 14.1. The van der Waals surface area contributed by atoms with E-state index in [1.165, 1.54) is 18.2 Å². The normalized spacial score (nSPS) is 19.1. The molecule has 2 aromatic rings. The number of fused-ring (bicyclic) bond motifs is 1. The van der Waals surface area contributed by atoms with E-state index in [-0.39, 0.29) is 28.8 Å². The van der Waals surface area contributed by atoms with E-state index in [0.717, 1.165) is 17.7 Å². The van der Waals surface area contributed by atoms with Gasteiger partial charge in [-0.05, 0) is 41.3 Å². The Morgan fingerprint density at radius 2 is 1.89 bits per heavy atom. The van der Waals surface area contributed by atoms with Gasteiger partial charge in [0.15, 0.2) is 5.78 Å². The Bertz CT molecular complexity index is 1020. The van der Waals surface area contributed by atoms with Crippen LogP contribution >= 0.6 is 0 Å². The second-order valence-corrected chi connectivity index (χ2v) is 6.74. The smallest absolute Gasteiger partial charge is 0.401 e. The highest BCUT2D eigenvalue weighted by atomic mass is 19.4. The number of Topliss-reactive ketones (excluding diaryl/α,β-unsaturated/α-hetero) is 1. The first-order chi connectivity index (χ1) is 12.8. The lowest BCUT2D eigenvalue weighted by Gasteiger charge is -2.15. The zero-order valence-corrected chi connectivity index (χ0v) is 14.1. The van der Waals surface area contributed by atoms with E-state index in [4.69, 9.17) is 5.73 Å². The van der Waals surface area contributed by atoms with Gasteiger partial charge in [-0.2, -0.15) is 13.2 Å². The maximum atomic E-state index is 14.6. The molecule has 0 saturated heterocycles. The molecule has 6 heteroatoms. The summed E-state index contributed by atoms with van der Waals surface area (Å²) in [5.41, 5.74) is 7.37. The van der Waals surface area contributed by atoms with E-state index < -0.39 is 29.3 Å². The number of hydrogen-bond acceptors (Lipinski definition) is 2. The van der Waals surface area contributed by atoms with Crippen LogP contribution in [-0.4, -0.2) is 5.78 Å². The zero-order chi connectivity index (χ0) is 19.3. The van der Waals surface area contributed by atoms with E-state index in [0.29, 0.717) is 12.0 Å². The molecule has 0 heterocycles. The molecule has 138 valence electrons. The fourth-order valence-corrected chi connectivity index (χ4v) is 3.85. The summed E-state index contributed by atoms with van der Waals surface area (Å²) in [5, 5.41) is 0. The number of ketones is 1. The van der Waals surface area contributed by atoms with Gasteiger partial charge in [-0.1, -0.05) is 30.4 Å². The van der Waals surface area contributed by atoms with Gasteiger partial charge in [0, 0.05) is 23.3 Å². The van der Waals surface area contributed by atoms with Crippen LogP contribution in [0, 0.1) is 5.82 Å². The van der Waals surface area contributed by atoms with Crippen LogP contribution in [0.2, 0.25) is 0 Å².